The Kier molecular flexibility index (Phi) is 13.2. The minimum Gasteiger partial charge on any atom is -0.382 e. The summed E-state index contributed by atoms with van der Waals surface area (Å²) in [4.78, 5) is 18.1. The van der Waals surface area contributed by atoms with Crippen LogP contribution in [0.3, 0.4) is 0 Å². The molecule has 1 aromatic rings. The van der Waals surface area contributed by atoms with Crippen molar-refractivity contribution in [2.45, 2.75) is 26.8 Å². The first-order chi connectivity index (χ1) is 11.2. The second-order valence-electron chi connectivity index (χ2n) is 5.07. The summed E-state index contributed by atoms with van der Waals surface area (Å²) < 4.78 is 5.23. The van der Waals surface area contributed by atoms with Gasteiger partial charge in [0.25, 0.3) is 0 Å². The van der Waals surface area contributed by atoms with E-state index in [1.807, 2.05) is 44.2 Å². The number of likely N-dealkylation sites (N-methyl/N-ethyl adjacent to an activating group) is 1. The number of benzene rings is 1. The third kappa shape index (κ3) is 9.71. The first kappa shape index (κ1) is 22.6. The molecule has 0 fully saturated rings. The molecule has 7 heteroatoms. The van der Waals surface area contributed by atoms with Crippen LogP contribution in [0.15, 0.2) is 35.3 Å². The number of halogens is 1. The molecule has 0 saturated heterocycles. The Morgan fingerprint density at radius 2 is 2.00 bits per heavy atom. The number of guanidine groups is 1. The minimum atomic E-state index is -0.0320. The Morgan fingerprint density at radius 1 is 1.29 bits per heavy atom. The maximum atomic E-state index is 12.2. The van der Waals surface area contributed by atoms with Gasteiger partial charge in [0.05, 0.1) is 0 Å². The fraction of sp³-hybridized carbons (Fsp3) is 0.529. The Balaban J connectivity index is 0.00000529. The van der Waals surface area contributed by atoms with Gasteiger partial charge < -0.3 is 20.7 Å². The summed E-state index contributed by atoms with van der Waals surface area (Å²) in [5, 5.41) is 2.98. The molecule has 1 aromatic carbocycles. The van der Waals surface area contributed by atoms with Crippen LogP contribution >= 0.6 is 24.0 Å². The fourth-order valence-corrected chi connectivity index (χ4v) is 2.02. The van der Waals surface area contributed by atoms with E-state index in [9.17, 15) is 4.79 Å². The Morgan fingerprint density at radius 3 is 2.62 bits per heavy atom. The van der Waals surface area contributed by atoms with Gasteiger partial charge in [-0.2, -0.15) is 0 Å². The lowest BCUT2D eigenvalue weighted by Crippen LogP contribution is -2.36. The number of amides is 1. The summed E-state index contributed by atoms with van der Waals surface area (Å²) >= 11 is 0. The average Bonchev–Trinajstić information content (AvgIpc) is 2.58. The van der Waals surface area contributed by atoms with Crippen molar-refractivity contribution in [3.63, 3.8) is 0 Å². The normalized spacial score (nSPS) is 10.8. The van der Waals surface area contributed by atoms with Gasteiger partial charge in [-0.1, -0.05) is 30.3 Å². The molecular formula is C17H29IN4O2. The van der Waals surface area contributed by atoms with Crippen molar-refractivity contribution < 1.29 is 9.53 Å². The van der Waals surface area contributed by atoms with E-state index in [4.69, 9.17) is 10.5 Å². The van der Waals surface area contributed by atoms with E-state index in [1.54, 1.807) is 4.90 Å². The van der Waals surface area contributed by atoms with Gasteiger partial charge in [0.15, 0.2) is 5.96 Å². The van der Waals surface area contributed by atoms with E-state index in [-0.39, 0.29) is 36.4 Å². The van der Waals surface area contributed by atoms with Gasteiger partial charge in [0.1, 0.15) is 6.54 Å². The molecule has 0 spiro atoms. The molecule has 0 aromatic heterocycles. The van der Waals surface area contributed by atoms with Crippen LogP contribution in [0.4, 0.5) is 0 Å². The van der Waals surface area contributed by atoms with E-state index in [0.29, 0.717) is 38.8 Å². The summed E-state index contributed by atoms with van der Waals surface area (Å²) in [5.74, 6) is 0.265. The largest absolute Gasteiger partial charge is 0.382 e. The predicted octanol–water partition coefficient (Wildman–Crippen LogP) is 1.98. The molecule has 0 unspecified atom stereocenters. The molecule has 6 nitrogen and oxygen atoms in total. The number of ether oxygens (including phenoxy) is 1. The monoisotopic (exact) mass is 448 g/mol. The number of carbonyl (C=O) groups is 1. The number of rotatable bonds is 10. The molecule has 1 rings (SSSR count). The van der Waals surface area contributed by atoms with E-state index in [1.165, 1.54) is 0 Å². The molecule has 3 N–H and O–H groups in total. The summed E-state index contributed by atoms with van der Waals surface area (Å²) in [6.45, 7) is 7.31. The van der Waals surface area contributed by atoms with Crippen molar-refractivity contribution in [1.82, 2.24) is 10.2 Å². The lowest BCUT2D eigenvalue weighted by molar-refractivity contribution is -0.130. The maximum Gasteiger partial charge on any atom is 0.244 e. The number of hydrogen-bond acceptors (Lipinski definition) is 3. The maximum absolute atomic E-state index is 12.2. The topological polar surface area (TPSA) is 80.0 Å². The lowest BCUT2D eigenvalue weighted by atomic mass is 10.2. The number of aliphatic imine (C=N–C) groups is 1. The van der Waals surface area contributed by atoms with Crippen molar-refractivity contribution in [1.29, 1.82) is 0 Å². The number of nitrogens with zero attached hydrogens (tertiary/aromatic N) is 2. The van der Waals surface area contributed by atoms with Crippen molar-refractivity contribution in [2.75, 3.05) is 32.8 Å². The molecule has 0 aliphatic heterocycles. The molecule has 24 heavy (non-hydrogen) atoms. The van der Waals surface area contributed by atoms with E-state index < -0.39 is 0 Å². The molecule has 0 radical (unpaired) electrons. The average molecular weight is 448 g/mol. The van der Waals surface area contributed by atoms with Gasteiger partial charge >= 0.3 is 0 Å². The van der Waals surface area contributed by atoms with Crippen LogP contribution in [0.1, 0.15) is 25.8 Å². The molecule has 0 bridgehead atoms. The number of hydrogen-bond donors (Lipinski definition) is 2. The van der Waals surface area contributed by atoms with Crippen molar-refractivity contribution in [3.8, 4) is 0 Å². The molecule has 136 valence electrons. The van der Waals surface area contributed by atoms with Crippen LogP contribution in [0.25, 0.3) is 0 Å². The predicted molar refractivity (Wildman–Crippen MR) is 109 cm³/mol. The first-order valence-electron chi connectivity index (χ1n) is 8.10. The third-order valence-corrected chi connectivity index (χ3v) is 3.31. The highest BCUT2D eigenvalue weighted by molar-refractivity contribution is 14.0. The first-order valence-corrected chi connectivity index (χ1v) is 8.10. The van der Waals surface area contributed by atoms with Gasteiger partial charge in [-0.05, 0) is 25.8 Å². The second-order valence-corrected chi connectivity index (χ2v) is 5.07. The van der Waals surface area contributed by atoms with Gasteiger partial charge in [-0.15, -0.1) is 24.0 Å². The quantitative estimate of drug-likeness (QED) is 0.248. The van der Waals surface area contributed by atoms with Crippen molar-refractivity contribution in [2.24, 2.45) is 10.7 Å². The minimum absolute atomic E-state index is 0. The van der Waals surface area contributed by atoms with Crippen molar-refractivity contribution in [3.05, 3.63) is 35.9 Å². The van der Waals surface area contributed by atoms with Crippen LogP contribution in [0, 0.1) is 0 Å². The van der Waals surface area contributed by atoms with Crippen LogP contribution in [0.5, 0.6) is 0 Å². The van der Waals surface area contributed by atoms with Gasteiger partial charge in [-0.25, -0.2) is 4.99 Å². The van der Waals surface area contributed by atoms with Crippen LogP contribution in [-0.4, -0.2) is 49.6 Å². The van der Waals surface area contributed by atoms with E-state index in [2.05, 4.69) is 10.3 Å². The Labute approximate surface area is 161 Å². The zero-order valence-corrected chi connectivity index (χ0v) is 16.9. The summed E-state index contributed by atoms with van der Waals surface area (Å²) in [6, 6.07) is 9.91. The molecule has 0 atom stereocenters. The molecule has 0 aliphatic carbocycles. The second kappa shape index (κ2) is 14.0. The summed E-state index contributed by atoms with van der Waals surface area (Å²) in [7, 11) is 0. The molecule has 0 saturated carbocycles. The van der Waals surface area contributed by atoms with Crippen molar-refractivity contribution >= 4 is 35.8 Å². The Bertz CT molecular complexity index is 483. The SMILES string of the molecule is CCOCCCNC(N)=NCC(=O)N(CC)Cc1ccccc1.I. The van der Waals surface area contributed by atoms with E-state index in [0.717, 1.165) is 12.0 Å². The van der Waals surface area contributed by atoms with Crippen LogP contribution in [-0.2, 0) is 16.1 Å². The van der Waals surface area contributed by atoms with Gasteiger partial charge in [0.2, 0.25) is 5.91 Å². The highest BCUT2D eigenvalue weighted by Crippen LogP contribution is 2.04. The molecule has 0 aliphatic rings. The number of nitrogens with one attached hydrogen (secondary N) is 1. The van der Waals surface area contributed by atoms with E-state index >= 15 is 0 Å². The van der Waals surface area contributed by atoms with Crippen LogP contribution < -0.4 is 11.1 Å². The zero-order chi connectivity index (χ0) is 16.9. The smallest absolute Gasteiger partial charge is 0.244 e. The van der Waals surface area contributed by atoms with Gasteiger partial charge in [-0.3, -0.25) is 4.79 Å². The molecule has 0 heterocycles. The number of nitrogens with two attached hydrogens (primary N) is 1. The van der Waals surface area contributed by atoms with Gasteiger partial charge in [0, 0.05) is 32.8 Å². The number of carbonyl (C=O) groups excluding carboxylic acids is 1. The standard InChI is InChI=1S/C17H28N4O2.HI/c1-3-21(14-15-9-6-5-7-10-15)16(22)13-20-17(18)19-11-8-12-23-4-2;/h5-7,9-10H,3-4,8,11-14H2,1-2H3,(H3,18,19,20);1H. The lowest BCUT2D eigenvalue weighted by Gasteiger charge is -2.20. The Hall–Kier alpha value is -1.35. The van der Waals surface area contributed by atoms with Crippen LogP contribution in [0.2, 0.25) is 0 Å². The third-order valence-electron chi connectivity index (χ3n) is 3.31. The summed E-state index contributed by atoms with van der Waals surface area (Å²) in [5.41, 5.74) is 6.86. The fourth-order valence-electron chi connectivity index (χ4n) is 2.02. The molecular weight excluding hydrogens is 419 g/mol. The zero-order valence-electron chi connectivity index (χ0n) is 14.5. The summed E-state index contributed by atoms with van der Waals surface area (Å²) in [6.07, 6.45) is 0.854. The highest BCUT2D eigenvalue weighted by Gasteiger charge is 2.11. The molecule has 1 amide bonds. The highest BCUT2D eigenvalue weighted by atomic mass is 127.